The highest BCUT2D eigenvalue weighted by Crippen LogP contribution is 2.24. The molecular formula is C13H21N3O2. The van der Waals surface area contributed by atoms with Crippen LogP contribution in [-0.2, 0) is 9.59 Å². The van der Waals surface area contributed by atoms with Crippen LogP contribution in [0.1, 0.15) is 13.3 Å². The normalized spacial score (nSPS) is 14.9. The van der Waals surface area contributed by atoms with Crippen molar-refractivity contribution < 1.29 is 9.59 Å². The second-order valence-corrected chi connectivity index (χ2v) is 4.93. The standard InChI is InChI=1S/C13H21N3O2/c1-9-6-7-10(13(18)16(4)5)12(9)14-11(17)8-15(2)3/h6H,7-8H2,1-5H3,(H,14,17). The molecule has 0 aromatic carbocycles. The molecule has 2 amide bonds. The van der Waals surface area contributed by atoms with Gasteiger partial charge in [0.25, 0.3) is 5.91 Å². The van der Waals surface area contributed by atoms with Crippen molar-refractivity contribution >= 4 is 11.8 Å². The number of nitrogens with zero attached hydrogens (tertiary/aromatic N) is 2. The molecule has 0 bridgehead atoms. The molecule has 1 N–H and O–H groups in total. The molecule has 18 heavy (non-hydrogen) atoms. The maximum absolute atomic E-state index is 12.0. The van der Waals surface area contributed by atoms with Crippen molar-refractivity contribution in [3.63, 3.8) is 0 Å². The van der Waals surface area contributed by atoms with Crippen molar-refractivity contribution in [2.75, 3.05) is 34.7 Å². The van der Waals surface area contributed by atoms with Gasteiger partial charge in [0, 0.05) is 19.7 Å². The van der Waals surface area contributed by atoms with Gasteiger partial charge in [-0.25, -0.2) is 0 Å². The summed E-state index contributed by atoms with van der Waals surface area (Å²) in [6.45, 7) is 2.21. The van der Waals surface area contributed by atoms with Gasteiger partial charge in [-0.2, -0.15) is 0 Å². The Morgan fingerprint density at radius 1 is 1.28 bits per heavy atom. The summed E-state index contributed by atoms with van der Waals surface area (Å²) < 4.78 is 0. The van der Waals surface area contributed by atoms with E-state index in [1.165, 1.54) is 4.90 Å². The quantitative estimate of drug-likeness (QED) is 0.785. The minimum Gasteiger partial charge on any atom is -0.345 e. The van der Waals surface area contributed by atoms with Crippen LogP contribution in [0.15, 0.2) is 22.9 Å². The number of amides is 2. The first-order chi connectivity index (χ1) is 8.32. The van der Waals surface area contributed by atoms with E-state index in [4.69, 9.17) is 0 Å². The number of nitrogens with one attached hydrogen (secondary N) is 1. The summed E-state index contributed by atoms with van der Waals surface area (Å²) in [6.07, 6.45) is 2.54. The van der Waals surface area contributed by atoms with Crippen LogP contribution in [0.4, 0.5) is 0 Å². The Bertz CT molecular complexity index is 420. The van der Waals surface area contributed by atoms with Gasteiger partial charge in [0.2, 0.25) is 5.91 Å². The fourth-order valence-electron chi connectivity index (χ4n) is 1.80. The molecular weight excluding hydrogens is 230 g/mol. The highest BCUT2D eigenvalue weighted by atomic mass is 16.2. The van der Waals surface area contributed by atoms with Crippen molar-refractivity contribution in [3.8, 4) is 0 Å². The monoisotopic (exact) mass is 251 g/mol. The number of allylic oxidation sites excluding steroid dienone is 2. The van der Waals surface area contributed by atoms with E-state index in [2.05, 4.69) is 5.32 Å². The Labute approximate surface area is 108 Å². The summed E-state index contributed by atoms with van der Waals surface area (Å²) in [6, 6.07) is 0. The van der Waals surface area contributed by atoms with Crippen molar-refractivity contribution in [2.45, 2.75) is 13.3 Å². The van der Waals surface area contributed by atoms with Crippen LogP contribution < -0.4 is 5.32 Å². The van der Waals surface area contributed by atoms with Gasteiger partial charge >= 0.3 is 0 Å². The Kier molecular flexibility index (Phi) is 4.67. The maximum atomic E-state index is 12.0. The zero-order valence-corrected chi connectivity index (χ0v) is 11.7. The molecule has 0 atom stereocenters. The van der Waals surface area contributed by atoms with Crippen LogP contribution in [-0.4, -0.2) is 56.3 Å². The number of hydrogen-bond donors (Lipinski definition) is 1. The summed E-state index contributed by atoms with van der Waals surface area (Å²) in [5.41, 5.74) is 2.28. The van der Waals surface area contributed by atoms with E-state index in [1.54, 1.807) is 19.0 Å². The lowest BCUT2D eigenvalue weighted by Gasteiger charge is -2.16. The third-order valence-electron chi connectivity index (χ3n) is 2.70. The summed E-state index contributed by atoms with van der Waals surface area (Å²) in [4.78, 5) is 27.0. The molecule has 1 aliphatic rings. The summed E-state index contributed by atoms with van der Waals surface area (Å²) in [7, 11) is 7.08. The molecule has 0 radical (unpaired) electrons. The number of hydrogen-bond acceptors (Lipinski definition) is 3. The number of rotatable bonds is 4. The molecule has 100 valence electrons. The number of likely N-dealkylation sites (N-methyl/N-ethyl adjacent to an activating group) is 2. The van der Waals surface area contributed by atoms with Gasteiger partial charge < -0.3 is 15.1 Å². The van der Waals surface area contributed by atoms with Gasteiger partial charge in [0.05, 0.1) is 12.2 Å². The van der Waals surface area contributed by atoms with Crippen LogP contribution >= 0.6 is 0 Å². The van der Waals surface area contributed by atoms with Crippen LogP contribution in [0.3, 0.4) is 0 Å². The van der Waals surface area contributed by atoms with Gasteiger partial charge in [-0.05, 0) is 33.0 Å². The maximum Gasteiger partial charge on any atom is 0.251 e. The molecule has 5 nitrogen and oxygen atoms in total. The third kappa shape index (κ3) is 3.43. The van der Waals surface area contributed by atoms with Crippen LogP contribution in [0.25, 0.3) is 0 Å². The van der Waals surface area contributed by atoms with Crippen LogP contribution in [0.5, 0.6) is 0 Å². The zero-order valence-electron chi connectivity index (χ0n) is 11.7. The highest BCUT2D eigenvalue weighted by molar-refractivity contribution is 5.97. The van der Waals surface area contributed by atoms with Crippen molar-refractivity contribution in [3.05, 3.63) is 22.9 Å². The molecule has 0 saturated carbocycles. The van der Waals surface area contributed by atoms with E-state index < -0.39 is 0 Å². The van der Waals surface area contributed by atoms with Crippen molar-refractivity contribution in [1.29, 1.82) is 0 Å². The fourth-order valence-corrected chi connectivity index (χ4v) is 1.80. The first-order valence-electron chi connectivity index (χ1n) is 5.89. The van der Waals surface area contributed by atoms with E-state index in [-0.39, 0.29) is 11.8 Å². The fraction of sp³-hybridized carbons (Fsp3) is 0.538. The average molecular weight is 251 g/mol. The van der Waals surface area contributed by atoms with Crippen molar-refractivity contribution in [1.82, 2.24) is 15.1 Å². The number of carbonyl (C=O) groups excluding carboxylic acids is 2. The highest BCUT2D eigenvalue weighted by Gasteiger charge is 2.23. The molecule has 0 unspecified atom stereocenters. The third-order valence-corrected chi connectivity index (χ3v) is 2.70. The minimum atomic E-state index is -0.103. The second-order valence-electron chi connectivity index (χ2n) is 4.93. The lowest BCUT2D eigenvalue weighted by molar-refractivity contribution is -0.124. The van der Waals surface area contributed by atoms with Crippen molar-refractivity contribution in [2.24, 2.45) is 0 Å². The Morgan fingerprint density at radius 2 is 1.89 bits per heavy atom. The van der Waals surface area contributed by atoms with Gasteiger partial charge in [0.1, 0.15) is 0 Å². The minimum absolute atomic E-state index is 0.0525. The van der Waals surface area contributed by atoms with E-state index >= 15 is 0 Å². The largest absolute Gasteiger partial charge is 0.345 e. The average Bonchev–Trinajstić information content (AvgIpc) is 2.58. The molecule has 5 heteroatoms. The van der Waals surface area contributed by atoms with E-state index in [0.717, 1.165) is 5.57 Å². The SMILES string of the molecule is CC1=CCC(C(=O)N(C)C)=C1NC(=O)CN(C)C. The van der Waals surface area contributed by atoms with Crippen LogP contribution in [0, 0.1) is 0 Å². The molecule has 1 aliphatic carbocycles. The van der Waals surface area contributed by atoms with Gasteiger partial charge in [-0.1, -0.05) is 6.08 Å². The molecule has 0 spiro atoms. The summed E-state index contributed by atoms with van der Waals surface area (Å²) >= 11 is 0. The van der Waals surface area contributed by atoms with E-state index in [0.29, 0.717) is 24.2 Å². The first kappa shape index (κ1) is 14.4. The van der Waals surface area contributed by atoms with Crippen LogP contribution in [0.2, 0.25) is 0 Å². The van der Waals surface area contributed by atoms with E-state index in [9.17, 15) is 9.59 Å². The van der Waals surface area contributed by atoms with Gasteiger partial charge in [-0.15, -0.1) is 0 Å². The zero-order chi connectivity index (χ0) is 13.9. The topological polar surface area (TPSA) is 52.7 Å². The smallest absolute Gasteiger partial charge is 0.251 e. The second kappa shape index (κ2) is 5.82. The molecule has 0 aromatic rings. The predicted molar refractivity (Wildman–Crippen MR) is 70.8 cm³/mol. The molecule has 0 aromatic heterocycles. The Morgan fingerprint density at radius 3 is 2.39 bits per heavy atom. The Hall–Kier alpha value is -1.62. The lowest BCUT2D eigenvalue weighted by Crippen LogP contribution is -2.34. The molecule has 0 fully saturated rings. The van der Waals surface area contributed by atoms with Gasteiger partial charge in [-0.3, -0.25) is 9.59 Å². The Balaban J connectivity index is 2.86. The predicted octanol–water partition coefficient (Wildman–Crippen LogP) is 0.357. The van der Waals surface area contributed by atoms with E-state index in [1.807, 2.05) is 27.1 Å². The number of carbonyl (C=O) groups is 2. The summed E-state index contributed by atoms with van der Waals surface area (Å²) in [5.74, 6) is -0.156. The molecule has 0 saturated heterocycles. The first-order valence-corrected chi connectivity index (χ1v) is 5.89. The van der Waals surface area contributed by atoms with Gasteiger partial charge in [0.15, 0.2) is 0 Å². The summed E-state index contributed by atoms with van der Waals surface area (Å²) in [5, 5.41) is 2.83. The molecule has 0 aliphatic heterocycles. The molecule has 1 rings (SSSR count). The molecule has 0 heterocycles. The lowest BCUT2D eigenvalue weighted by atomic mass is 10.1.